The number of ether oxygens (including phenoxy) is 2. The van der Waals surface area contributed by atoms with Gasteiger partial charge in [-0.3, -0.25) is 14.5 Å². The normalized spacial score (nSPS) is 10.5. The van der Waals surface area contributed by atoms with Crippen LogP contribution in [0.3, 0.4) is 0 Å². The van der Waals surface area contributed by atoms with Crippen molar-refractivity contribution in [2.45, 2.75) is 13.5 Å². The van der Waals surface area contributed by atoms with Gasteiger partial charge in [-0.25, -0.2) is 0 Å². The van der Waals surface area contributed by atoms with E-state index < -0.39 is 0 Å². The number of aromatic nitrogens is 3. The van der Waals surface area contributed by atoms with E-state index in [9.17, 15) is 4.79 Å². The summed E-state index contributed by atoms with van der Waals surface area (Å²) < 4.78 is 12.5. The Balaban J connectivity index is 1.73. The molecule has 0 atom stereocenters. The van der Waals surface area contributed by atoms with Gasteiger partial charge in [0.25, 0.3) is 5.91 Å². The number of nitrogens with one attached hydrogen (secondary N) is 1. The number of nitrogens with zero attached hydrogens (tertiary/aromatic N) is 3. The third kappa shape index (κ3) is 4.57. The molecule has 0 fully saturated rings. The van der Waals surface area contributed by atoms with E-state index in [0.717, 1.165) is 5.56 Å². The molecule has 0 aliphatic carbocycles. The first-order chi connectivity index (χ1) is 13.1. The molecule has 1 amide bonds. The minimum Gasteiger partial charge on any atom is -0.493 e. The molecule has 3 rings (SSSR count). The molecule has 0 radical (unpaired) electrons. The molecular weight excluding hydrogens is 368 g/mol. The van der Waals surface area contributed by atoms with E-state index >= 15 is 0 Å². The maximum atomic E-state index is 12.5. The quantitative estimate of drug-likeness (QED) is 0.670. The zero-order valence-corrected chi connectivity index (χ0v) is 15.7. The average molecular weight is 387 g/mol. The fourth-order valence-corrected chi connectivity index (χ4v) is 2.78. The highest BCUT2D eigenvalue weighted by Gasteiger charge is 2.16. The number of anilines is 1. The van der Waals surface area contributed by atoms with Crippen molar-refractivity contribution >= 4 is 23.3 Å². The third-order valence-electron chi connectivity index (χ3n) is 3.76. The van der Waals surface area contributed by atoms with E-state index in [4.69, 9.17) is 21.1 Å². The molecule has 140 valence electrons. The molecule has 0 aliphatic heterocycles. The lowest BCUT2D eigenvalue weighted by Crippen LogP contribution is -2.13. The summed E-state index contributed by atoms with van der Waals surface area (Å²) in [6.45, 7) is 2.87. The number of hydrogen-bond donors (Lipinski definition) is 1. The van der Waals surface area contributed by atoms with Crippen LogP contribution in [0.5, 0.6) is 11.5 Å². The molecule has 0 spiro atoms. The van der Waals surface area contributed by atoms with E-state index in [-0.39, 0.29) is 5.91 Å². The van der Waals surface area contributed by atoms with E-state index in [1.807, 2.05) is 19.1 Å². The van der Waals surface area contributed by atoms with Crippen molar-refractivity contribution in [3.05, 3.63) is 65.1 Å². The van der Waals surface area contributed by atoms with Crippen LogP contribution in [0.1, 0.15) is 22.8 Å². The van der Waals surface area contributed by atoms with Crippen molar-refractivity contribution in [2.24, 2.45) is 0 Å². The molecule has 27 heavy (non-hydrogen) atoms. The Morgan fingerprint density at radius 1 is 1.26 bits per heavy atom. The average Bonchev–Trinajstić information content (AvgIpc) is 3.10. The molecule has 0 aliphatic rings. The van der Waals surface area contributed by atoms with Crippen LogP contribution < -0.4 is 14.8 Å². The summed E-state index contributed by atoms with van der Waals surface area (Å²) in [6, 6.07) is 8.67. The molecule has 0 saturated heterocycles. The van der Waals surface area contributed by atoms with Gasteiger partial charge in [0.05, 0.1) is 25.3 Å². The van der Waals surface area contributed by atoms with E-state index in [1.165, 1.54) is 7.11 Å². The van der Waals surface area contributed by atoms with Gasteiger partial charge in [0, 0.05) is 30.2 Å². The van der Waals surface area contributed by atoms with Gasteiger partial charge >= 0.3 is 0 Å². The Hall–Kier alpha value is -3.06. The molecule has 0 saturated carbocycles. The molecule has 2 heterocycles. The van der Waals surface area contributed by atoms with Crippen molar-refractivity contribution in [1.29, 1.82) is 0 Å². The second-order valence-corrected chi connectivity index (χ2v) is 6.04. The van der Waals surface area contributed by atoms with Gasteiger partial charge in [-0.2, -0.15) is 5.10 Å². The summed E-state index contributed by atoms with van der Waals surface area (Å²) in [4.78, 5) is 16.5. The van der Waals surface area contributed by atoms with E-state index in [0.29, 0.717) is 41.1 Å². The first kappa shape index (κ1) is 18.7. The molecule has 0 bridgehead atoms. The number of carbonyl (C=O) groups excluding carboxylic acids is 1. The van der Waals surface area contributed by atoms with Crippen molar-refractivity contribution in [2.75, 3.05) is 19.0 Å². The van der Waals surface area contributed by atoms with Crippen LogP contribution in [-0.4, -0.2) is 34.4 Å². The Morgan fingerprint density at radius 2 is 2.04 bits per heavy atom. The van der Waals surface area contributed by atoms with Crippen LogP contribution in [0, 0.1) is 0 Å². The van der Waals surface area contributed by atoms with Crippen LogP contribution in [0.4, 0.5) is 5.82 Å². The molecular formula is C19H19ClN4O3. The largest absolute Gasteiger partial charge is 0.493 e. The number of carbonyl (C=O) groups is 1. The molecule has 0 unspecified atom stereocenters. The highest BCUT2D eigenvalue weighted by atomic mass is 35.5. The summed E-state index contributed by atoms with van der Waals surface area (Å²) in [5, 5.41) is 7.42. The Kier molecular flexibility index (Phi) is 5.93. The lowest BCUT2D eigenvalue weighted by molar-refractivity contribution is 0.102. The standard InChI is InChI=1S/C19H19ClN4O3/c1-3-27-18-15(20)10-14(11-16(18)26-2)19(25)22-17-6-9-24(23-17)12-13-4-7-21-8-5-13/h4-11H,3,12H2,1-2H3,(H,22,23,25). The van der Waals surface area contributed by atoms with Gasteiger partial charge in [-0.1, -0.05) is 11.6 Å². The van der Waals surface area contributed by atoms with Gasteiger partial charge in [-0.05, 0) is 36.8 Å². The predicted octanol–water partition coefficient (Wildman–Crippen LogP) is 3.64. The van der Waals surface area contributed by atoms with Crippen molar-refractivity contribution in [1.82, 2.24) is 14.8 Å². The number of rotatable bonds is 7. The summed E-state index contributed by atoms with van der Waals surface area (Å²) in [6.07, 6.45) is 5.25. The maximum absolute atomic E-state index is 12.5. The fraction of sp³-hybridized carbons (Fsp3) is 0.211. The van der Waals surface area contributed by atoms with Gasteiger partial charge in [0.1, 0.15) is 0 Å². The maximum Gasteiger partial charge on any atom is 0.257 e. The highest BCUT2D eigenvalue weighted by molar-refractivity contribution is 6.32. The number of amides is 1. The van der Waals surface area contributed by atoms with Gasteiger partial charge in [0.2, 0.25) is 0 Å². The van der Waals surface area contributed by atoms with Crippen LogP contribution in [-0.2, 0) is 6.54 Å². The topological polar surface area (TPSA) is 78.3 Å². The first-order valence-electron chi connectivity index (χ1n) is 8.34. The second-order valence-electron chi connectivity index (χ2n) is 5.63. The number of halogens is 1. The van der Waals surface area contributed by atoms with Gasteiger partial charge in [0.15, 0.2) is 17.3 Å². The highest BCUT2D eigenvalue weighted by Crippen LogP contribution is 2.36. The summed E-state index contributed by atoms with van der Waals surface area (Å²) in [7, 11) is 1.50. The van der Waals surface area contributed by atoms with E-state index in [2.05, 4.69) is 15.4 Å². The van der Waals surface area contributed by atoms with Crippen LogP contribution in [0.2, 0.25) is 5.02 Å². The van der Waals surface area contributed by atoms with Gasteiger partial charge in [-0.15, -0.1) is 0 Å². The van der Waals surface area contributed by atoms with Crippen molar-refractivity contribution in [3.63, 3.8) is 0 Å². The van der Waals surface area contributed by atoms with Gasteiger partial charge < -0.3 is 14.8 Å². The first-order valence-corrected chi connectivity index (χ1v) is 8.72. The molecule has 8 heteroatoms. The Labute approximate surface area is 161 Å². The lowest BCUT2D eigenvalue weighted by atomic mass is 10.2. The predicted molar refractivity (Wildman–Crippen MR) is 103 cm³/mol. The van der Waals surface area contributed by atoms with Crippen LogP contribution in [0.25, 0.3) is 0 Å². The number of hydrogen-bond acceptors (Lipinski definition) is 5. The summed E-state index contributed by atoms with van der Waals surface area (Å²) in [5.41, 5.74) is 1.41. The number of pyridine rings is 1. The molecule has 2 aromatic heterocycles. The second kappa shape index (κ2) is 8.55. The zero-order valence-electron chi connectivity index (χ0n) is 15.0. The zero-order chi connectivity index (χ0) is 19.2. The number of benzene rings is 1. The van der Waals surface area contributed by atoms with E-state index in [1.54, 1.807) is 41.5 Å². The minimum atomic E-state index is -0.340. The fourth-order valence-electron chi connectivity index (χ4n) is 2.52. The molecule has 1 N–H and O–H groups in total. The van der Waals surface area contributed by atoms with Crippen LogP contribution in [0.15, 0.2) is 48.9 Å². The smallest absolute Gasteiger partial charge is 0.257 e. The minimum absolute atomic E-state index is 0.310. The SMILES string of the molecule is CCOc1c(Cl)cc(C(=O)Nc2ccn(Cc3ccncc3)n2)cc1OC. The monoisotopic (exact) mass is 386 g/mol. The molecule has 3 aromatic rings. The molecule has 7 nitrogen and oxygen atoms in total. The van der Waals surface area contributed by atoms with Crippen molar-refractivity contribution in [3.8, 4) is 11.5 Å². The summed E-state index contributed by atoms with van der Waals surface area (Å²) in [5.74, 6) is 0.919. The summed E-state index contributed by atoms with van der Waals surface area (Å²) >= 11 is 6.22. The van der Waals surface area contributed by atoms with Crippen LogP contribution >= 0.6 is 11.6 Å². The number of methoxy groups -OCH3 is 1. The Bertz CT molecular complexity index is 928. The van der Waals surface area contributed by atoms with Crippen molar-refractivity contribution < 1.29 is 14.3 Å². The lowest BCUT2D eigenvalue weighted by Gasteiger charge is -2.12. The Morgan fingerprint density at radius 3 is 2.74 bits per heavy atom. The third-order valence-corrected chi connectivity index (χ3v) is 4.04. The molecule has 1 aromatic carbocycles.